The molecule has 0 aliphatic heterocycles. The number of aliphatic hydroxyl groups is 2. The third-order valence-corrected chi connectivity index (χ3v) is 8.57. The Morgan fingerprint density at radius 2 is 1.91 bits per heavy atom. The van der Waals surface area contributed by atoms with E-state index < -0.39 is 5.60 Å². The summed E-state index contributed by atoms with van der Waals surface area (Å²) < 4.78 is 0. The van der Waals surface area contributed by atoms with Crippen LogP contribution in [-0.2, 0) is 6.42 Å². The molecule has 0 spiro atoms. The minimum atomic E-state index is -0.475. The van der Waals surface area contributed by atoms with Crippen LogP contribution in [0.2, 0.25) is 0 Å². The third kappa shape index (κ3) is 3.71. The Hall–Kier alpha value is -2.50. The van der Waals surface area contributed by atoms with E-state index in [0.29, 0.717) is 23.3 Å². The number of hydrogen-bond donors (Lipinski definition) is 3. The zero-order valence-electron chi connectivity index (χ0n) is 18.9. The minimum Gasteiger partial charge on any atom is -0.396 e. The molecule has 0 amide bonds. The number of anilines is 1. The van der Waals surface area contributed by atoms with Crippen molar-refractivity contribution in [2.45, 2.75) is 62.5 Å². The molecule has 1 aromatic carbocycles. The van der Waals surface area contributed by atoms with Gasteiger partial charge in [0, 0.05) is 36.6 Å². The first-order valence-electron chi connectivity index (χ1n) is 12.4. The third-order valence-electron chi connectivity index (χ3n) is 8.57. The monoisotopic (exact) mass is 444 g/mol. The molecule has 0 radical (unpaired) electrons. The number of aliphatic hydroxyl groups excluding tert-OH is 1. The van der Waals surface area contributed by atoms with E-state index in [2.05, 4.69) is 22.5 Å². The van der Waals surface area contributed by atoms with Gasteiger partial charge in [-0.2, -0.15) is 0 Å². The molecule has 5 heteroatoms. The fourth-order valence-corrected chi connectivity index (χ4v) is 7.29. The Labute approximate surface area is 194 Å². The fourth-order valence-electron chi connectivity index (χ4n) is 7.29. The standard InChI is InChI=1S/C28H32N2O3/c31-16-21(18-5-2-1-3-6-18)11-25(32)23-15-29-24-8-4-7-22(24)27(23)30-26-19-9-17-10-20(26)14-28(33,12-17)13-19/h1-7,15,17,19-21,26,31,33H,8-14,16H2,(H,29,30)/t17?,19?,20?,21-,26?,28?/m1/s1. The summed E-state index contributed by atoms with van der Waals surface area (Å²) in [5, 5.41) is 24.8. The van der Waals surface area contributed by atoms with Crippen molar-refractivity contribution in [3.8, 4) is 0 Å². The molecule has 172 valence electrons. The molecule has 1 heterocycles. The highest BCUT2D eigenvalue weighted by atomic mass is 16.3. The van der Waals surface area contributed by atoms with Gasteiger partial charge in [0.2, 0.25) is 0 Å². The molecule has 5 nitrogen and oxygen atoms in total. The van der Waals surface area contributed by atoms with Crippen LogP contribution in [0.5, 0.6) is 0 Å². The summed E-state index contributed by atoms with van der Waals surface area (Å²) in [7, 11) is 0. The van der Waals surface area contributed by atoms with Crippen molar-refractivity contribution in [2.75, 3.05) is 11.9 Å². The first-order valence-corrected chi connectivity index (χ1v) is 12.4. The van der Waals surface area contributed by atoms with Crippen LogP contribution >= 0.6 is 0 Å². The minimum absolute atomic E-state index is 0.0125. The first kappa shape index (κ1) is 21.1. The fraction of sp³-hybridized carbons (Fsp3) is 0.500. The predicted molar refractivity (Wildman–Crippen MR) is 128 cm³/mol. The molecule has 3 atom stereocenters. The van der Waals surface area contributed by atoms with Crippen molar-refractivity contribution < 1.29 is 15.0 Å². The Morgan fingerprint density at radius 3 is 2.61 bits per heavy atom. The number of nitrogens with zero attached hydrogens (tertiary/aromatic N) is 1. The summed E-state index contributed by atoms with van der Waals surface area (Å²) >= 11 is 0. The molecule has 1 aromatic heterocycles. The van der Waals surface area contributed by atoms with Crippen molar-refractivity contribution in [1.82, 2.24) is 4.98 Å². The lowest BCUT2D eigenvalue weighted by atomic mass is 9.52. The number of pyridine rings is 1. The Kier molecular flexibility index (Phi) is 5.15. The summed E-state index contributed by atoms with van der Waals surface area (Å²) in [5.41, 5.74) is 4.09. The van der Waals surface area contributed by atoms with E-state index in [9.17, 15) is 15.0 Å². The molecule has 0 saturated heterocycles. The van der Waals surface area contributed by atoms with Crippen molar-refractivity contribution in [2.24, 2.45) is 17.8 Å². The SMILES string of the molecule is O=C(C[C@H](CO)c1ccccc1)c1cnc2c(c1NC1C3CC4CC1CC(O)(C4)C3)C=CC2. The molecule has 4 saturated carbocycles. The predicted octanol–water partition coefficient (Wildman–Crippen LogP) is 4.35. The van der Waals surface area contributed by atoms with Gasteiger partial charge in [-0.25, -0.2) is 0 Å². The number of Topliss-reactive ketones (excluding diaryl/α,β-unsaturated/α-hetero) is 1. The van der Waals surface area contributed by atoms with E-state index in [0.717, 1.165) is 48.2 Å². The highest BCUT2D eigenvalue weighted by Gasteiger charge is 2.54. The first-order chi connectivity index (χ1) is 16.0. The lowest BCUT2D eigenvalue weighted by Crippen LogP contribution is -2.59. The van der Waals surface area contributed by atoms with Crippen molar-refractivity contribution in [1.29, 1.82) is 0 Å². The quantitative estimate of drug-likeness (QED) is 0.553. The number of nitrogens with one attached hydrogen (secondary N) is 1. The molecule has 4 bridgehead atoms. The van der Waals surface area contributed by atoms with E-state index in [1.807, 2.05) is 30.3 Å². The second-order valence-electron chi connectivity index (χ2n) is 10.8. The van der Waals surface area contributed by atoms with Crippen LogP contribution in [0, 0.1) is 17.8 Å². The number of aromatic nitrogens is 1. The Balaban J connectivity index is 1.30. The normalized spacial score (nSPS) is 32.1. The van der Waals surface area contributed by atoms with Gasteiger partial charge < -0.3 is 15.5 Å². The maximum absolute atomic E-state index is 13.6. The number of carbonyl (C=O) groups is 1. The summed E-state index contributed by atoms with van der Waals surface area (Å²) in [6.07, 6.45) is 12.0. The van der Waals surface area contributed by atoms with E-state index >= 15 is 0 Å². The van der Waals surface area contributed by atoms with Crippen LogP contribution < -0.4 is 5.32 Å². The van der Waals surface area contributed by atoms with E-state index in [4.69, 9.17) is 0 Å². The van der Waals surface area contributed by atoms with Gasteiger partial charge in [0.1, 0.15) is 0 Å². The van der Waals surface area contributed by atoms with Crippen LogP contribution in [0.4, 0.5) is 5.69 Å². The molecule has 2 aromatic rings. The number of carbonyl (C=O) groups excluding carboxylic acids is 1. The molecule has 33 heavy (non-hydrogen) atoms. The van der Waals surface area contributed by atoms with Gasteiger partial charge in [0.05, 0.1) is 29.2 Å². The molecule has 5 aliphatic carbocycles. The lowest BCUT2D eigenvalue weighted by Gasteiger charge is -2.58. The Bertz CT molecular complexity index is 1080. The average molecular weight is 445 g/mol. The number of rotatable bonds is 7. The molecule has 3 N–H and O–H groups in total. The topological polar surface area (TPSA) is 82.5 Å². The van der Waals surface area contributed by atoms with Crippen LogP contribution in [0.3, 0.4) is 0 Å². The van der Waals surface area contributed by atoms with Gasteiger partial charge in [0.15, 0.2) is 5.78 Å². The largest absolute Gasteiger partial charge is 0.396 e. The smallest absolute Gasteiger partial charge is 0.167 e. The summed E-state index contributed by atoms with van der Waals surface area (Å²) in [5.74, 6) is 1.33. The van der Waals surface area contributed by atoms with Crippen LogP contribution in [0.15, 0.2) is 42.6 Å². The van der Waals surface area contributed by atoms with Crippen molar-refractivity contribution in [3.05, 3.63) is 65.0 Å². The van der Waals surface area contributed by atoms with E-state index in [1.165, 1.54) is 12.8 Å². The molecular formula is C28H32N2O3. The molecular weight excluding hydrogens is 412 g/mol. The summed E-state index contributed by atoms with van der Waals surface area (Å²) in [4.78, 5) is 18.2. The molecule has 4 fully saturated rings. The van der Waals surface area contributed by atoms with Gasteiger partial charge in [-0.1, -0.05) is 42.5 Å². The summed E-state index contributed by atoms with van der Waals surface area (Å²) in [6.45, 7) is -0.0659. The maximum Gasteiger partial charge on any atom is 0.167 e. The van der Waals surface area contributed by atoms with E-state index in [1.54, 1.807) is 6.20 Å². The molecule has 5 aliphatic rings. The maximum atomic E-state index is 13.6. The lowest BCUT2D eigenvalue weighted by molar-refractivity contribution is -0.129. The van der Waals surface area contributed by atoms with Crippen molar-refractivity contribution in [3.63, 3.8) is 0 Å². The second-order valence-corrected chi connectivity index (χ2v) is 10.8. The van der Waals surface area contributed by atoms with Gasteiger partial charge in [-0.3, -0.25) is 9.78 Å². The number of ketones is 1. The second kappa shape index (κ2) is 8.07. The van der Waals surface area contributed by atoms with Gasteiger partial charge >= 0.3 is 0 Å². The van der Waals surface area contributed by atoms with Gasteiger partial charge in [0.25, 0.3) is 0 Å². The number of benzene rings is 1. The highest BCUT2D eigenvalue weighted by molar-refractivity contribution is 6.03. The zero-order valence-corrected chi connectivity index (χ0v) is 18.9. The van der Waals surface area contributed by atoms with Gasteiger partial charge in [-0.15, -0.1) is 0 Å². The number of hydrogen-bond acceptors (Lipinski definition) is 5. The van der Waals surface area contributed by atoms with Crippen LogP contribution in [0.25, 0.3) is 6.08 Å². The number of allylic oxidation sites excluding steroid dienone is 1. The molecule has 7 rings (SSSR count). The summed E-state index contributed by atoms with van der Waals surface area (Å²) in [6, 6.07) is 10.1. The van der Waals surface area contributed by atoms with Crippen LogP contribution in [-0.4, -0.2) is 39.2 Å². The van der Waals surface area contributed by atoms with Crippen LogP contribution in [0.1, 0.15) is 71.6 Å². The molecule has 2 unspecified atom stereocenters. The number of fused-ring (bicyclic) bond motifs is 1. The van der Waals surface area contributed by atoms with E-state index in [-0.39, 0.29) is 30.8 Å². The average Bonchev–Trinajstić information content (AvgIpc) is 3.28. The zero-order chi connectivity index (χ0) is 22.6. The highest BCUT2D eigenvalue weighted by Crippen LogP contribution is 2.56. The van der Waals surface area contributed by atoms with Gasteiger partial charge in [-0.05, 0) is 55.4 Å². The van der Waals surface area contributed by atoms with Crippen molar-refractivity contribution >= 4 is 17.5 Å². The Morgan fingerprint density at radius 1 is 1.15 bits per heavy atom.